The van der Waals surface area contributed by atoms with Crippen molar-refractivity contribution in [2.45, 2.75) is 4.90 Å². The summed E-state index contributed by atoms with van der Waals surface area (Å²) in [5, 5.41) is 10.4. The molecule has 0 fully saturated rings. The summed E-state index contributed by atoms with van der Waals surface area (Å²) in [6.45, 7) is 0. The second-order valence-electron chi connectivity index (χ2n) is 6.98. The molecule has 3 rings (SSSR count). The number of nitrogens with one attached hydrogen (secondary N) is 1. The van der Waals surface area contributed by atoms with Gasteiger partial charge in [-0.1, -0.05) is 18.2 Å². The third-order valence-corrected chi connectivity index (χ3v) is 6.16. The zero-order chi connectivity index (χ0) is 24.9. The number of hydrogen-bond donors (Lipinski definition) is 2. The second-order valence-corrected chi connectivity index (χ2v) is 8.66. The molecule has 0 amide bonds. The van der Waals surface area contributed by atoms with Crippen LogP contribution in [-0.4, -0.2) is 42.0 Å². The molecular weight excluding hydrogens is 465 g/mol. The molecule has 0 bridgehead atoms. The van der Waals surface area contributed by atoms with Gasteiger partial charge in [0.25, 0.3) is 10.0 Å². The molecular formula is C24H24FNO7S. The monoisotopic (exact) mass is 489 g/mol. The maximum Gasteiger partial charge on any atom is 0.262 e. The Balaban J connectivity index is 1.99. The third-order valence-electron chi connectivity index (χ3n) is 4.80. The Morgan fingerprint density at radius 3 is 1.94 bits per heavy atom. The van der Waals surface area contributed by atoms with E-state index in [1.165, 1.54) is 52.7 Å². The topological polar surface area (TPSA) is 103 Å². The molecule has 180 valence electrons. The van der Waals surface area contributed by atoms with Gasteiger partial charge in [-0.2, -0.15) is 0 Å². The minimum Gasteiger partial charge on any atom is -0.504 e. The predicted octanol–water partition coefficient (Wildman–Crippen LogP) is 4.54. The van der Waals surface area contributed by atoms with Crippen LogP contribution in [0.5, 0.6) is 28.7 Å². The van der Waals surface area contributed by atoms with Crippen molar-refractivity contribution in [2.75, 3.05) is 33.2 Å². The molecule has 0 radical (unpaired) electrons. The molecule has 0 saturated carbocycles. The Bertz CT molecular complexity index is 1300. The maximum absolute atomic E-state index is 13.5. The third kappa shape index (κ3) is 5.34. The van der Waals surface area contributed by atoms with Gasteiger partial charge >= 0.3 is 0 Å². The van der Waals surface area contributed by atoms with Gasteiger partial charge in [0.2, 0.25) is 5.75 Å². The van der Waals surface area contributed by atoms with Crippen LogP contribution < -0.4 is 23.7 Å². The highest BCUT2D eigenvalue weighted by Crippen LogP contribution is 2.40. The van der Waals surface area contributed by atoms with Gasteiger partial charge in [-0.15, -0.1) is 0 Å². The van der Waals surface area contributed by atoms with Crippen LogP contribution in [-0.2, 0) is 10.0 Å². The summed E-state index contributed by atoms with van der Waals surface area (Å²) in [5.74, 6) is 0.305. The number of anilines is 1. The molecule has 8 nitrogen and oxygen atoms in total. The van der Waals surface area contributed by atoms with Gasteiger partial charge in [-0.25, -0.2) is 12.8 Å². The fourth-order valence-corrected chi connectivity index (χ4v) is 4.33. The molecule has 3 aromatic carbocycles. The van der Waals surface area contributed by atoms with E-state index in [0.717, 1.165) is 12.1 Å². The number of ether oxygens (including phenoxy) is 4. The summed E-state index contributed by atoms with van der Waals surface area (Å²) in [4.78, 5) is -0.271. The lowest BCUT2D eigenvalue weighted by molar-refractivity contribution is 0.324. The largest absolute Gasteiger partial charge is 0.504 e. The first kappa shape index (κ1) is 24.7. The zero-order valence-corrected chi connectivity index (χ0v) is 19.8. The van der Waals surface area contributed by atoms with Crippen LogP contribution in [0.2, 0.25) is 0 Å². The number of benzene rings is 3. The first-order valence-electron chi connectivity index (χ1n) is 9.90. The van der Waals surface area contributed by atoms with Crippen LogP contribution in [0.25, 0.3) is 12.2 Å². The molecule has 0 aromatic heterocycles. The summed E-state index contributed by atoms with van der Waals surface area (Å²) < 4.78 is 62.6. The molecule has 10 heteroatoms. The summed E-state index contributed by atoms with van der Waals surface area (Å²) >= 11 is 0. The molecule has 0 unspecified atom stereocenters. The normalized spacial score (nSPS) is 11.3. The Morgan fingerprint density at radius 1 is 0.824 bits per heavy atom. The van der Waals surface area contributed by atoms with E-state index in [1.807, 2.05) is 0 Å². The number of phenolic OH excluding ortho intramolecular Hbond substituents is 1. The first-order valence-corrected chi connectivity index (χ1v) is 11.4. The van der Waals surface area contributed by atoms with E-state index in [9.17, 15) is 17.9 Å². The number of aromatic hydroxyl groups is 1. The molecule has 0 spiro atoms. The van der Waals surface area contributed by atoms with Crippen molar-refractivity contribution >= 4 is 27.9 Å². The fourth-order valence-electron chi connectivity index (χ4n) is 3.25. The minimum absolute atomic E-state index is 0.0173. The average Bonchev–Trinajstić information content (AvgIpc) is 2.81. The van der Waals surface area contributed by atoms with E-state index in [4.69, 9.17) is 18.9 Å². The van der Waals surface area contributed by atoms with Crippen molar-refractivity contribution in [1.29, 1.82) is 0 Å². The van der Waals surface area contributed by atoms with Gasteiger partial charge in [0.1, 0.15) is 5.82 Å². The van der Waals surface area contributed by atoms with Crippen molar-refractivity contribution in [3.63, 3.8) is 0 Å². The lowest BCUT2D eigenvalue weighted by Crippen LogP contribution is -2.14. The van der Waals surface area contributed by atoms with Gasteiger partial charge in [0.05, 0.1) is 39.0 Å². The van der Waals surface area contributed by atoms with E-state index < -0.39 is 15.8 Å². The number of halogens is 1. The van der Waals surface area contributed by atoms with Crippen LogP contribution >= 0.6 is 0 Å². The molecule has 0 atom stereocenters. The van der Waals surface area contributed by atoms with E-state index >= 15 is 0 Å². The van der Waals surface area contributed by atoms with E-state index in [0.29, 0.717) is 28.4 Å². The number of phenols is 1. The summed E-state index contributed by atoms with van der Waals surface area (Å²) in [6, 6.07) is 10.9. The Morgan fingerprint density at radius 2 is 1.41 bits per heavy atom. The smallest absolute Gasteiger partial charge is 0.262 e. The molecule has 34 heavy (non-hydrogen) atoms. The lowest BCUT2D eigenvalue weighted by atomic mass is 10.1. The van der Waals surface area contributed by atoms with Crippen LogP contribution in [0.4, 0.5) is 10.1 Å². The summed E-state index contributed by atoms with van der Waals surface area (Å²) in [5.41, 5.74) is 1.15. The number of hydrogen-bond acceptors (Lipinski definition) is 7. The molecule has 2 N–H and O–H groups in total. The first-order chi connectivity index (χ1) is 16.2. The van der Waals surface area contributed by atoms with Crippen LogP contribution in [0.15, 0.2) is 53.4 Å². The summed E-state index contributed by atoms with van der Waals surface area (Å²) in [6.07, 6.45) is 3.37. The van der Waals surface area contributed by atoms with E-state index in [2.05, 4.69) is 4.72 Å². The van der Waals surface area contributed by atoms with Crippen LogP contribution in [0.1, 0.15) is 11.1 Å². The molecule has 3 aromatic rings. The molecule has 0 saturated heterocycles. The standard InChI is InChI=1S/C24H24FNO7S/c1-30-21-12-16(13-22(31-2)24(21)33-4)9-8-15-10-19(23(32-3)20(27)11-15)26-34(28,29)18-7-5-6-17(25)14-18/h5-14,26-27H,1-4H3/b9-8-. The highest BCUT2D eigenvalue weighted by molar-refractivity contribution is 7.92. The van der Waals surface area contributed by atoms with Crippen LogP contribution in [0, 0.1) is 5.82 Å². The van der Waals surface area contributed by atoms with Crippen molar-refractivity contribution in [2.24, 2.45) is 0 Å². The number of rotatable bonds is 9. The van der Waals surface area contributed by atoms with Crippen molar-refractivity contribution < 1.29 is 36.9 Å². The Kier molecular flexibility index (Phi) is 7.52. The van der Waals surface area contributed by atoms with Gasteiger partial charge in [-0.3, -0.25) is 4.72 Å². The second kappa shape index (κ2) is 10.3. The molecule has 0 aliphatic carbocycles. The quantitative estimate of drug-likeness (QED) is 0.426. The Labute approximate surface area is 197 Å². The van der Waals surface area contributed by atoms with Gasteiger partial charge < -0.3 is 24.1 Å². The van der Waals surface area contributed by atoms with E-state index in [1.54, 1.807) is 24.3 Å². The minimum atomic E-state index is -4.15. The molecule has 0 aliphatic rings. The average molecular weight is 490 g/mol. The van der Waals surface area contributed by atoms with Crippen molar-refractivity contribution in [1.82, 2.24) is 0 Å². The maximum atomic E-state index is 13.5. The fraction of sp³-hybridized carbons (Fsp3) is 0.167. The van der Waals surface area contributed by atoms with E-state index in [-0.39, 0.29) is 22.1 Å². The van der Waals surface area contributed by atoms with Gasteiger partial charge in [0, 0.05) is 0 Å². The van der Waals surface area contributed by atoms with Crippen molar-refractivity contribution in [3.05, 3.63) is 65.5 Å². The lowest BCUT2D eigenvalue weighted by Gasteiger charge is -2.14. The summed E-state index contributed by atoms with van der Waals surface area (Å²) in [7, 11) is 1.65. The number of methoxy groups -OCH3 is 4. The van der Waals surface area contributed by atoms with Gasteiger partial charge in [-0.05, 0) is 53.6 Å². The molecule has 0 aliphatic heterocycles. The predicted molar refractivity (Wildman–Crippen MR) is 127 cm³/mol. The van der Waals surface area contributed by atoms with Crippen LogP contribution in [0.3, 0.4) is 0 Å². The zero-order valence-electron chi connectivity index (χ0n) is 19.0. The SMILES string of the molecule is COc1cc(/C=C\c2cc(O)c(OC)c(NS(=O)(=O)c3cccc(F)c3)c2)cc(OC)c1OC. The number of sulfonamides is 1. The van der Waals surface area contributed by atoms with Gasteiger partial charge in [0.15, 0.2) is 23.0 Å². The highest BCUT2D eigenvalue weighted by Gasteiger charge is 2.20. The van der Waals surface area contributed by atoms with Crippen molar-refractivity contribution in [3.8, 4) is 28.7 Å². The Hall–Kier alpha value is -3.92. The highest BCUT2D eigenvalue weighted by atomic mass is 32.2. The molecule has 0 heterocycles.